The molecule has 27 heavy (non-hydrogen) atoms. The van der Waals surface area contributed by atoms with Crippen LogP contribution in [0, 0.1) is 5.92 Å². The van der Waals surface area contributed by atoms with Gasteiger partial charge in [0, 0.05) is 5.41 Å². The van der Waals surface area contributed by atoms with Gasteiger partial charge in [-0.1, -0.05) is 55.5 Å². The fraction of sp³-hybridized carbons (Fsp3) is 0.375. The number of carbonyl (C=O) groups is 1. The van der Waals surface area contributed by atoms with E-state index in [1.165, 1.54) is 11.1 Å². The van der Waals surface area contributed by atoms with Crippen molar-refractivity contribution >= 4 is 12.0 Å². The number of carboxylic acids is 1. The van der Waals surface area contributed by atoms with Gasteiger partial charge >= 0.3 is 5.97 Å². The quantitative estimate of drug-likeness (QED) is 0.819. The second-order valence-electron chi connectivity index (χ2n) is 8.17. The molecule has 0 amide bonds. The molecule has 0 aromatic heterocycles. The van der Waals surface area contributed by atoms with E-state index < -0.39 is 11.6 Å². The van der Waals surface area contributed by atoms with E-state index in [4.69, 9.17) is 0 Å². The number of rotatable bonds is 4. The fourth-order valence-electron chi connectivity index (χ4n) is 5.04. The van der Waals surface area contributed by atoms with E-state index in [1.807, 2.05) is 12.1 Å². The van der Waals surface area contributed by atoms with Crippen molar-refractivity contribution in [3.05, 3.63) is 76.9 Å². The summed E-state index contributed by atoms with van der Waals surface area (Å²) in [4.78, 5) is 11.4. The Kier molecular flexibility index (Phi) is 4.43. The Hall–Kier alpha value is -2.39. The zero-order valence-corrected chi connectivity index (χ0v) is 15.7. The van der Waals surface area contributed by atoms with Crippen molar-refractivity contribution in [2.75, 3.05) is 0 Å². The Labute approximate surface area is 160 Å². The second kappa shape index (κ2) is 6.65. The van der Waals surface area contributed by atoms with E-state index in [1.54, 1.807) is 12.1 Å². The van der Waals surface area contributed by atoms with E-state index >= 15 is 0 Å². The molecule has 2 aromatic rings. The molecule has 3 nitrogen and oxygen atoms in total. The number of hydrogen-bond acceptors (Lipinski definition) is 2. The third-order valence-corrected chi connectivity index (χ3v) is 6.71. The lowest BCUT2D eigenvalue weighted by Gasteiger charge is -2.51. The van der Waals surface area contributed by atoms with Crippen LogP contribution in [0.15, 0.2) is 54.6 Å². The Morgan fingerprint density at radius 2 is 1.93 bits per heavy atom. The maximum Gasteiger partial charge on any atom is 0.335 e. The zero-order valence-electron chi connectivity index (χ0n) is 15.7. The van der Waals surface area contributed by atoms with Gasteiger partial charge in [0.1, 0.15) is 0 Å². The van der Waals surface area contributed by atoms with Gasteiger partial charge in [0.25, 0.3) is 0 Å². The third kappa shape index (κ3) is 3.10. The molecule has 4 rings (SSSR count). The molecule has 0 bridgehead atoms. The van der Waals surface area contributed by atoms with Gasteiger partial charge in [0.05, 0.1) is 11.2 Å². The molecule has 2 aliphatic rings. The smallest absolute Gasteiger partial charge is 0.335 e. The van der Waals surface area contributed by atoms with Gasteiger partial charge in [-0.3, -0.25) is 0 Å². The molecular formula is C24H26O3. The maximum absolute atomic E-state index is 11.4. The Morgan fingerprint density at radius 1 is 1.15 bits per heavy atom. The molecule has 1 fully saturated rings. The summed E-state index contributed by atoms with van der Waals surface area (Å²) in [6, 6.07) is 16.0. The predicted molar refractivity (Wildman–Crippen MR) is 107 cm³/mol. The predicted octanol–water partition coefficient (Wildman–Crippen LogP) is 4.83. The first kappa shape index (κ1) is 18.0. The lowest BCUT2D eigenvalue weighted by molar-refractivity contribution is -0.0379. The van der Waals surface area contributed by atoms with Gasteiger partial charge in [-0.25, -0.2) is 4.79 Å². The molecule has 1 saturated carbocycles. The third-order valence-electron chi connectivity index (χ3n) is 6.71. The zero-order chi connectivity index (χ0) is 19.1. The van der Waals surface area contributed by atoms with Gasteiger partial charge < -0.3 is 10.2 Å². The molecule has 0 radical (unpaired) electrons. The average molecular weight is 362 g/mol. The van der Waals surface area contributed by atoms with Crippen LogP contribution in [0.3, 0.4) is 0 Å². The van der Waals surface area contributed by atoms with Crippen molar-refractivity contribution in [2.45, 2.75) is 50.0 Å². The number of carboxylic acid groups (broad SMARTS) is 1. The molecular weight excluding hydrogens is 336 g/mol. The van der Waals surface area contributed by atoms with Crippen molar-refractivity contribution in [1.82, 2.24) is 0 Å². The number of aromatic carboxylic acids is 1. The minimum absolute atomic E-state index is 0.0934. The van der Waals surface area contributed by atoms with Crippen LogP contribution in [-0.2, 0) is 11.8 Å². The summed E-state index contributed by atoms with van der Waals surface area (Å²) in [6.45, 7) is 2.06. The summed E-state index contributed by atoms with van der Waals surface area (Å²) < 4.78 is 0. The summed E-state index contributed by atoms with van der Waals surface area (Å²) in [5, 5.41) is 20.3. The van der Waals surface area contributed by atoms with E-state index in [-0.39, 0.29) is 11.3 Å². The Morgan fingerprint density at radius 3 is 2.63 bits per heavy atom. The van der Waals surface area contributed by atoms with Crippen molar-refractivity contribution < 1.29 is 15.0 Å². The van der Waals surface area contributed by atoms with Crippen molar-refractivity contribution in [3.63, 3.8) is 0 Å². The van der Waals surface area contributed by atoms with Crippen LogP contribution in [0.25, 0.3) is 6.08 Å². The minimum Gasteiger partial charge on any atom is -0.478 e. The van der Waals surface area contributed by atoms with Crippen molar-refractivity contribution in [1.29, 1.82) is 0 Å². The van der Waals surface area contributed by atoms with E-state index in [0.29, 0.717) is 5.56 Å². The van der Waals surface area contributed by atoms with Crippen LogP contribution in [-0.4, -0.2) is 21.8 Å². The van der Waals surface area contributed by atoms with Crippen LogP contribution in [0.1, 0.15) is 59.7 Å². The minimum atomic E-state index is -0.894. The van der Waals surface area contributed by atoms with Gasteiger partial charge in [-0.2, -0.15) is 0 Å². The molecule has 2 N–H and O–H groups in total. The molecule has 3 unspecified atom stereocenters. The Balaban J connectivity index is 1.82. The molecule has 2 aromatic carbocycles. The highest BCUT2D eigenvalue weighted by Gasteiger charge is 2.49. The summed E-state index contributed by atoms with van der Waals surface area (Å²) in [5.74, 6) is -0.644. The first-order chi connectivity index (χ1) is 13.0. The highest BCUT2D eigenvalue weighted by atomic mass is 16.4. The first-order valence-electron chi connectivity index (χ1n) is 9.78. The van der Waals surface area contributed by atoms with Crippen molar-refractivity contribution in [2.24, 2.45) is 5.92 Å². The second-order valence-corrected chi connectivity index (χ2v) is 8.17. The monoisotopic (exact) mass is 362 g/mol. The first-order valence-corrected chi connectivity index (χ1v) is 9.78. The van der Waals surface area contributed by atoms with E-state index in [2.05, 4.69) is 43.3 Å². The lowest BCUT2D eigenvalue weighted by atomic mass is 9.54. The van der Waals surface area contributed by atoms with Gasteiger partial charge in [-0.15, -0.1) is 0 Å². The number of allylic oxidation sites excluding steroid dienone is 1. The lowest BCUT2D eigenvalue weighted by Crippen LogP contribution is -2.49. The summed E-state index contributed by atoms with van der Waals surface area (Å²) in [6.07, 6.45) is 8.37. The van der Waals surface area contributed by atoms with E-state index in [9.17, 15) is 15.0 Å². The largest absolute Gasteiger partial charge is 0.478 e. The highest BCUT2D eigenvalue weighted by molar-refractivity contribution is 5.89. The van der Waals surface area contributed by atoms with Crippen LogP contribution >= 0.6 is 0 Å². The highest BCUT2D eigenvalue weighted by Crippen LogP contribution is 2.53. The van der Waals surface area contributed by atoms with Crippen molar-refractivity contribution in [3.8, 4) is 0 Å². The molecule has 3 atom stereocenters. The van der Waals surface area contributed by atoms with Crippen LogP contribution in [0.4, 0.5) is 0 Å². The Bertz CT molecular complexity index is 886. The number of benzene rings is 2. The SMILES string of the molecule is CCC1(O)CCC2(Cc3ccccc3)c3ccc(C(=O)O)cc3C=CC2C1. The maximum atomic E-state index is 11.4. The molecule has 2 aliphatic carbocycles. The number of aliphatic hydroxyl groups is 1. The number of fused-ring (bicyclic) bond motifs is 3. The van der Waals surface area contributed by atoms with Gasteiger partial charge in [-0.05, 0) is 66.8 Å². The summed E-state index contributed by atoms with van der Waals surface area (Å²) in [5.41, 5.74) is 3.14. The molecule has 0 heterocycles. The summed E-state index contributed by atoms with van der Waals surface area (Å²) >= 11 is 0. The average Bonchev–Trinajstić information content (AvgIpc) is 2.69. The standard InChI is InChI=1S/C24H26O3/c1-2-23(27)12-13-24(15-17-6-4-3-5-7-17)20(16-23)10-8-18-14-19(22(25)26)9-11-21(18)24/h3-11,14,20,27H,2,12-13,15-16H2,1H3,(H,25,26). The topological polar surface area (TPSA) is 57.5 Å². The van der Waals surface area contributed by atoms with Gasteiger partial charge in [0.15, 0.2) is 0 Å². The molecule has 3 heteroatoms. The normalized spacial score (nSPS) is 29.0. The fourth-order valence-corrected chi connectivity index (χ4v) is 5.04. The van der Waals surface area contributed by atoms with Gasteiger partial charge in [0.2, 0.25) is 0 Å². The molecule has 0 spiro atoms. The van der Waals surface area contributed by atoms with Crippen LogP contribution in [0.5, 0.6) is 0 Å². The summed E-state index contributed by atoms with van der Waals surface area (Å²) in [7, 11) is 0. The van der Waals surface area contributed by atoms with E-state index in [0.717, 1.165) is 37.7 Å². The van der Waals surface area contributed by atoms with Crippen LogP contribution in [0.2, 0.25) is 0 Å². The number of hydrogen-bond donors (Lipinski definition) is 2. The molecule has 140 valence electrons. The molecule has 0 saturated heterocycles. The van der Waals surface area contributed by atoms with Crippen LogP contribution < -0.4 is 0 Å². The molecule has 0 aliphatic heterocycles.